The summed E-state index contributed by atoms with van der Waals surface area (Å²) < 4.78 is 12.3. The Bertz CT molecular complexity index is 906. The number of rotatable bonds is 5. The van der Waals surface area contributed by atoms with Gasteiger partial charge in [0.05, 0.1) is 24.4 Å². The molecule has 4 rings (SSSR count). The minimum Gasteiger partial charge on any atom is -0.497 e. The second-order valence-corrected chi connectivity index (χ2v) is 18.3. The van der Waals surface area contributed by atoms with Gasteiger partial charge < -0.3 is 14.6 Å². The number of aryl methyl sites for hydroxylation is 1. The first kappa shape index (κ1) is 24.0. The van der Waals surface area contributed by atoms with Crippen molar-refractivity contribution in [1.82, 2.24) is 0 Å². The van der Waals surface area contributed by atoms with E-state index in [1.165, 1.54) is 28.7 Å². The molecule has 0 saturated heterocycles. The van der Waals surface area contributed by atoms with Crippen molar-refractivity contribution >= 4 is 13.6 Å². The second kappa shape index (κ2) is 7.99. The van der Waals surface area contributed by atoms with Crippen molar-refractivity contribution in [3.8, 4) is 5.75 Å². The molecule has 1 saturated carbocycles. The van der Waals surface area contributed by atoms with Gasteiger partial charge in [-0.15, -0.1) is 0 Å². The average Bonchev–Trinajstić information content (AvgIpc) is 3.01. The number of hydrogen-bond donors (Lipinski definition) is 1. The van der Waals surface area contributed by atoms with E-state index in [2.05, 4.69) is 65.5 Å². The van der Waals surface area contributed by atoms with Gasteiger partial charge in [-0.05, 0) is 100 Å². The molecule has 0 radical (unpaired) electrons. The lowest BCUT2D eigenvalue weighted by molar-refractivity contribution is -0.131. The van der Waals surface area contributed by atoms with Crippen molar-refractivity contribution in [2.75, 3.05) is 7.11 Å². The maximum atomic E-state index is 12.6. The van der Waals surface area contributed by atoms with E-state index in [-0.39, 0.29) is 17.1 Å². The summed E-state index contributed by atoms with van der Waals surface area (Å²) in [6.45, 7) is 16.0. The van der Waals surface area contributed by atoms with Crippen LogP contribution in [0, 0.1) is 11.3 Å². The molecule has 0 unspecified atom stereocenters. The quantitative estimate of drug-likeness (QED) is 0.492. The Morgan fingerprint density at radius 3 is 2.44 bits per heavy atom. The Balaban J connectivity index is 1.89. The number of hydrogen-bond acceptors (Lipinski definition) is 3. The lowest BCUT2D eigenvalue weighted by Gasteiger charge is -2.54. The molecule has 3 nitrogen and oxygen atoms in total. The van der Waals surface area contributed by atoms with Crippen molar-refractivity contribution in [1.29, 1.82) is 0 Å². The third kappa shape index (κ3) is 4.12. The molecule has 1 fully saturated rings. The van der Waals surface area contributed by atoms with Gasteiger partial charge in [0.25, 0.3) is 0 Å². The summed E-state index contributed by atoms with van der Waals surface area (Å²) in [6, 6.07) is 7.39. The summed E-state index contributed by atoms with van der Waals surface area (Å²) in [7, 11) is 0.197. The van der Waals surface area contributed by atoms with Crippen LogP contribution in [-0.4, -0.2) is 37.6 Å². The van der Waals surface area contributed by atoms with Crippen molar-refractivity contribution in [2.24, 2.45) is 11.3 Å². The van der Waals surface area contributed by atoms with Crippen molar-refractivity contribution in [3.63, 3.8) is 0 Å². The maximum absolute atomic E-state index is 12.6. The number of ether oxygens (including phenoxy) is 2. The minimum absolute atomic E-state index is 0.0322. The normalized spacial score (nSPS) is 32.4. The molecule has 0 amide bonds. The molecule has 4 heteroatoms. The summed E-state index contributed by atoms with van der Waals surface area (Å²) in [5.74, 6) is 1.44. The molecule has 0 heterocycles. The van der Waals surface area contributed by atoms with E-state index in [0.717, 1.165) is 43.9 Å². The lowest BCUT2D eigenvalue weighted by Crippen LogP contribution is -2.53. The van der Waals surface area contributed by atoms with Crippen LogP contribution in [0.5, 0.6) is 5.75 Å². The highest BCUT2D eigenvalue weighted by Crippen LogP contribution is 2.64. The molecule has 0 aromatic heterocycles. The Morgan fingerprint density at radius 1 is 1.12 bits per heavy atom. The van der Waals surface area contributed by atoms with Gasteiger partial charge in [-0.3, -0.25) is 0 Å². The molecule has 3 aliphatic carbocycles. The first-order chi connectivity index (χ1) is 14.8. The molecular weight excluding hydrogens is 412 g/mol. The fourth-order valence-corrected chi connectivity index (χ4v) is 9.41. The Labute approximate surface area is 196 Å². The van der Waals surface area contributed by atoms with E-state index in [1.807, 2.05) is 0 Å². The number of benzene rings is 1. The molecule has 0 spiro atoms. The van der Waals surface area contributed by atoms with E-state index >= 15 is 0 Å². The van der Waals surface area contributed by atoms with Gasteiger partial charge in [-0.2, -0.15) is 0 Å². The predicted octanol–water partition coefficient (Wildman–Crippen LogP) is 6.86. The third-order valence-corrected chi connectivity index (χ3v) is 9.75. The first-order valence-electron chi connectivity index (χ1n) is 12.6. The van der Waals surface area contributed by atoms with Gasteiger partial charge in [-0.1, -0.05) is 38.2 Å². The number of allylic oxidation sites excluding steroid dienone is 1. The van der Waals surface area contributed by atoms with Crippen LogP contribution < -0.4 is 4.74 Å². The highest BCUT2D eigenvalue weighted by Gasteiger charge is 2.60. The first-order valence-corrected chi connectivity index (χ1v) is 16.3. The second-order valence-electron chi connectivity index (χ2n) is 12.8. The minimum atomic E-state index is -1.54. The van der Waals surface area contributed by atoms with E-state index < -0.39 is 13.7 Å². The average molecular weight is 457 g/mol. The fraction of sp³-hybridized carbons (Fsp3) is 0.714. The molecule has 3 aliphatic rings. The van der Waals surface area contributed by atoms with Gasteiger partial charge in [0.15, 0.2) is 0 Å². The zero-order valence-electron chi connectivity index (χ0n) is 21.6. The van der Waals surface area contributed by atoms with Gasteiger partial charge in [0, 0.05) is 13.5 Å². The molecular formula is C28H44O3Si. The number of aliphatic hydroxyl groups is 1. The standard InChI is InChI=1S/C28H44O3Si/c1-9-27-17-28(29,18-32(6,7)8)25-21-13-11-20(30-5)16-19(21)10-12-22(25)23(27)14-15-24(27)31-26(2,3)4/h11,13,16,23-24,29H,9-10,12,14-15,17-18H2,1-8H3/t23-,24-,27-,28+/m0/s1. The van der Waals surface area contributed by atoms with Crippen LogP contribution in [0.25, 0.3) is 5.57 Å². The van der Waals surface area contributed by atoms with Crippen molar-refractivity contribution in [2.45, 2.75) is 109 Å². The molecule has 0 aliphatic heterocycles. The summed E-state index contributed by atoms with van der Waals surface area (Å²) in [5, 5.41) is 12.6. The van der Waals surface area contributed by atoms with Crippen LogP contribution in [0.4, 0.5) is 0 Å². The van der Waals surface area contributed by atoms with E-state index in [1.54, 1.807) is 7.11 Å². The van der Waals surface area contributed by atoms with E-state index in [9.17, 15) is 5.11 Å². The van der Waals surface area contributed by atoms with Crippen LogP contribution in [0.2, 0.25) is 25.7 Å². The largest absolute Gasteiger partial charge is 0.497 e. The number of fused-ring (bicyclic) bond motifs is 4. The van der Waals surface area contributed by atoms with Gasteiger partial charge in [0.2, 0.25) is 0 Å². The molecule has 1 aromatic carbocycles. The summed E-state index contributed by atoms with van der Waals surface area (Å²) in [6.07, 6.45) is 6.49. The van der Waals surface area contributed by atoms with Crippen molar-refractivity contribution in [3.05, 3.63) is 34.9 Å². The van der Waals surface area contributed by atoms with Crippen molar-refractivity contribution < 1.29 is 14.6 Å². The fourth-order valence-electron chi connectivity index (χ4n) is 7.35. The van der Waals surface area contributed by atoms with Crippen LogP contribution in [0.1, 0.15) is 70.9 Å². The van der Waals surface area contributed by atoms with Crippen LogP contribution in [0.15, 0.2) is 23.8 Å². The van der Waals surface area contributed by atoms with Crippen LogP contribution in [-0.2, 0) is 11.2 Å². The molecule has 1 N–H and O–H groups in total. The van der Waals surface area contributed by atoms with Crippen LogP contribution in [0.3, 0.4) is 0 Å². The monoisotopic (exact) mass is 456 g/mol. The molecule has 32 heavy (non-hydrogen) atoms. The lowest BCUT2D eigenvalue weighted by atomic mass is 9.56. The Hall–Kier alpha value is -1.10. The molecule has 178 valence electrons. The Kier molecular flexibility index (Phi) is 6.00. The highest BCUT2D eigenvalue weighted by atomic mass is 28.3. The van der Waals surface area contributed by atoms with Crippen LogP contribution >= 0.6 is 0 Å². The molecule has 1 aromatic rings. The van der Waals surface area contributed by atoms with Gasteiger partial charge in [-0.25, -0.2) is 0 Å². The SMILES string of the molecule is CC[C@]12C[C@@](O)(C[Si](C)(C)C)C3=C(CCc4cc(OC)ccc43)[C@@H]1CC[C@@H]2OC(C)(C)C. The number of methoxy groups -OCH3 is 1. The molecule has 0 bridgehead atoms. The smallest absolute Gasteiger partial charge is 0.119 e. The third-order valence-electron chi connectivity index (χ3n) is 8.10. The molecule has 4 atom stereocenters. The van der Waals surface area contributed by atoms with E-state index in [0.29, 0.717) is 5.92 Å². The summed E-state index contributed by atoms with van der Waals surface area (Å²) >= 11 is 0. The zero-order valence-corrected chi connectivity index (χ0v) is 22.6. The summed E-state index contributed by atoms with van der Waals surface area (Å²) in [5.41, 5.74) is 4.51. The Morgan fingerprint density at radius 2 is 1.84 bits per heavy atom. The topological polar surface area (TPSA) is 38.7 Å². The highest BCUT2D eigenvalue weighted by molar-refractivity contribution is 6.76. The predicted molar refractivity (Wildman–Crippen MR) is 136 cm³/mol. The zero-order chi connectivity index (χ0) is 23.5. The van der Waals surface area contributed by atoms with Gasteiger partial charge >= 0.3 is 0 Å². The summed E-state index contributed by atoms with van der Waals surface area (Å²) in [4.78, 5) is 0. The van der Waals surface area contributed by atoms with Gasteiger partial charge in [0.1, 0.15) is 5.75 Å². The maximum Gasteiger partial charge on any atom is 0.119 e. The van der Waals surface area contributed by atoms with E-state index in [4.69, 9.17) is 9.47 Å².